The van der Waals surface area contributed by atoms with Crippen molar-refractivity contribution in [1.82, 2.24) is 19.5 Å². The molecule has 10 nitrogen and oxygen atoms in total. The molecule has 11 heteroatoms. The van der Waals surface area contributed by atoms with E-state index >= 15 is 4.39 Å². The van der Waals surface area contributed by atoms with Gasteiger partial charge in [-0.1, -0.05) is 24.3 Å². The number of anilines is 1. The summed E-state index contributed by atoms with van der Waals surface area (Å²) in [6, 6.07) is 11.2. The second-order valence-electron chi connectivity index (χ2n) is 13.1. The van der Waals surface area contributed by atoms with E-state index in [1.165, 1.54) is 12.3 Å². The number of carbonyl (C=O) groups is 1. The topological polar surface area (TPSA) is 116 Å². The van der Waals surface area contributed by atoms with E-state index in [2.05, 4.69) is 27.5 Å². The van der Waals surface area contributed by atoms with Gasteiger partial charge in [0.15, 0.2) is 27.8 Å². The molecule has 3 heterocycles. The van der Waals surface area contributed by atoms with Crippen LogP contribution in [0.4, 0.5) is 10.1 Å². The molecule has 1 fully saturated rings. The van der Waals surface area contributed by atoms with Crippen LogP contribution in [0.1, 0.15) is 42.5 Å². The second-order valence-corrected chi connectivity index (χ2v) is 13.1. The molecule has 248 valence electrons. The van der Waals surface area contributed by atoms with Gasteiger partial charge in [-0.05, 0) is 84.5 Å². The molecule has 1 unspecified atom stereocenters. The van der Waals surface area contributed by atoms with Gasteiger partial charge >= 0.3 is 0 Å². The third-order valence-corrected chi connectivity index (χ3v) is 9.68. The zero-order chi connectivity index (χ0) is 33.7. The van der Waals surface area contributed by atoms with E-state index in [1.54, 1.807) is 34.7 Å². The Kier molecular flexibility index (Phi) is 8.34. The summed E-state index contributed by atoms with van der Waals surface area (Å²) in [4.78, 5) is 58.9. The van der Waals surface area contributed by atoms with Crippen LogP contribution in [-0.2, 0) is 0 Å². The minimum absolute atomic E-state index is 0.0278. The largest absolute Gasteiger partial charge is 0.451 e. The molecule has 0 bridgehead atoms. The van der Waals surface area contributed by atoms with Crippen molar-refractivity contribution in [1.29, 1.82) is 0 Å². The lowest BCUT2D eigenvalue weighted by molar-refractivity contribution is 0.0949. The zero-order valence-corrected chi connectivity index (χ0v) is 27.3. The van der Waals surface area contributed by atoms with Gasteiger partial charge in [0, 0.05) is 46.9 Å². The summed E-state index contributed by atoms with van der Waals surface area (Å²) in [5.74, 6) is -1.26. The maximum Gasteiger partial charge on any atom is 0.256 e. The summed E-state index contributed by atoms with van der Waals surface area (Å²) in [5, 5.41) is 6.97. The van der Waals surface area contributed by atoms with Crippen molar-refractivity contribution in [2.75, 3.05) is 52.6 Å². The van der Waals surface area contributed by atoms with Crippen molar-refractivity contribution in [2.24, 2.45) is 0 Å². The van der Waals surface area contributed by atoms with Crippen LogP contribution in [0.2, 0.25) is 0 Å². The monoisotopic (exact) mass is 651 g/mol. The van der Waals surface area contributed by atoms with Gasteiger partial charge in [-0.15, -0.1) is 0 Å². The summed E-state index contributed by atoms with van der Waals surface area (Å²) >= 11 is 0. The zero-order valence-electron chi connectivity index (χ0n) is 27.3. The molecule has 7 rings (SSSR count). The summed E-state index contributed by atoms with van der Waals surface area (Å²) < 4.78 is 23.9. The van der Waals surface area contributed by atoms with E-state index in [4.69, 9.17) is 4.42 Å². The Hall–Kier alpha value is -4.87. The summed E-state index contributed by atoms with van der Waals surface area (Å²) in [5.41, 5.74) is -0.448. The van der Waals surface area contributed by atoms with E-state index in [0.29, 0.717) is 35.4 Å². The molecule has 0 spiro atoms. The highest BCUT2D eigenvalue weighted by molar-refractivity contribution is 6.08. The van der Waals surface area contributed by atoms with Crippen LogP contribution in [0.5, 0.6) is 0 Å². The van der Waals surface area contributed by atoms with Gasteiger partial charge in [-0.2, -0.15) is 0 Å². The number of rotatable bonds is 10. The van der Waals surface area contributed by atoms with Crippen LogP contribution >= 0.6 is 0 Å². The molecule has 0 radical (unpaired) electrons. The molecular weight excluding hydrogens is 613 g/mol. The normalized spacial score (nSPS) is 15.6. The average Bonchev–Trinajstić information content (AvgIpc) is 3.48. The van der Waals surface area contributed by atoms with Gasteiger partial charge in [0.25, 0.3) is 5.91 Å². The van der Waals surface area contributed by atoms with Crippen molar-refractivity contribution in [3.05, 3.63) is 90.7 Å². The molecule has 0 aliphatic carbocycles. The Morgan fingerprint density at radius 3 is 2.38 bits per heavy atom. The number of halogens is 1. The molecule has 1 atom stereocenters. The first kappa shape index (κ1) is 31.7. The van der Waals surface area contributed by atoms with Crippen molar-refractivity contribution in [2.45, 2.75) is 38.1 Å². The van der Waals surface area contributed by atoms with Gasteiger partial charge in [-0.3, -0.25) is 19.2 Å². The van der Waals surface area contributed by atoms with Crippen molar-refractivity contribution < 1.29 is 13.6 Å². The summed E-state index contributed by atoms with van der Waals surface area (Å²) in [6.45, 7) is 2.72. The molecule has 2 N–H and O–H groups in total. The predicted octanol–water partition coefficient (Wildman–Crippen LogP) is 4.77. The van der Waals surface area contributed by atoms with Crippen LogP contribution in [0, 0.1) is 5.82 Å². The van der Waals surface area contributed by atoms with Gasteiger partial charge in [0.05, 0.1) is 10.9 Å². The third kappa shape index (κ3) is 5.46. The van der Waals surface area contributed by atoms with Gasteiger partial charge < -0.3 is 29.3 Å². The molecule has 48 heavy (non-hydrogen) atoms. The maximum absolute atomic E-state index is 15.9. The van der Waals surface area contributed by atoms with E-state index in [0.717, 1.165) is 51.3 Å². The maximum atomic E-state index is 15.9. The summed E-state index contributed by atoms with van der Waals surface area (Å²) in [6.07, 6.45) is 5.98. The first-order valence-corrected chi connectivity index (χ1v) is 16.5. The number of fused-ring (bicyclic) bond motifs is 4. The van der Waals surface area contributed by atoms with Crippen molar-refractivity contribution in [3.63, 3.8) is 0 Å². The first-order chi connectivity index (χ1) is 23.1. The fourth-order valence-electron chi connectivity index (χ4n) is 7.09. The highest BCUT2D eigenvalue weighted by Crippen LogP contribution is 2.35. The Bertz CT molecular complexity index is 2400. The van der Waals surface area contributed by atoms with Crippen molar-refractivity contribution in [3.8, 4) is 0 Å². The Balaban J connectivity index is 1.42. The number of pyridine rings is 1. The SMILES string of the molecule is CN(C)CCCCNc1c(F)cc2c(=O)c(C(=O)NCCC3CCCN3C)cn3c4cc5c(=O)c6ccccc6c(=O)c5cc4oc1c23. The van der Waals surface area contributed by atoms with Crippen LogP contribution in [0.25, 0.3) is 49.1 Å². The number of nitrogens with one attached hydrogen (secondary N) is 2. The van der Waals surface area contributed by atoms with Crippen LogP contribution in [0.15, 0.2) is 67.5 Å². The minimum atomic E-state index is -0.697. The van der Waals surface area contributed by atoms with E-state index in [-0.39, 0.29) is 54.9 Å². The molecule has 2 aromatic heterocycles. The third-order valence-electron chi connectivity index (χ3n) is 9.68. The first-order valence-electron chi connectivity index (χ1n) is 16.5. The van der Waals surface area contributed by atoms with E-state index in [9.17, 15) is 19.2 Å². The molecule has 1 aliphatic rings. The Morgan fingerprint density at radius 1 is 0.958 bits per heavy atom. The van der Waals surface area contributed by atoms with Gasteiger partial charge in [0.1, 0.15) is 16.8 Å². The Morgan fingerprint density at radius 2 is 1.69 bits per heavy atom. The van der Waals surface area contributed by atoms with Crippen LogP contribution in [0.3, 0.4) is 0 Å². The fourth-order valence-corrected chi connectivity index (χ4v) is 7.09. The number of hydrogen-bond acceptors (Lipinski definition) is 8. The van der Waals surface area contributed by atoms with Gasteiger partial charge in [-0.25, -0.2) is 4.39 Å². The van der Waals surface area contributed by atoms with E-state index in [1.807, 2.05) is 14.1 Å². The lowest BCUT2D eigenvalue weighted by atomic mass is 10.0. The summed E-state index contributed by atoms with van der Waals surface area (Å²) in [7, 11) is 6.04. The second kappa shape index (κ2) is 12.6. The molecule has 1 saturated heterocycles. The lowest BCUT2D eigenvalue weighted by Gasteiger charge is -2.19. The van der Waals surface area contributed by atoms with E-state index < -0.39 is 17.2 Å². The molecular formula is C37H38FN5O5. The number of aromatic nitrogens is 1. The number of nitrogens with zero attached hydrogens (tertiary/aromatic N) is 3. The standard InChI is InChI=1S/C37H38FN5O5/c1-41(2)15-7-6-13-39-31-28(38)17-26-32-36(31)48-30-19-25-24(33(44)22-10-4-5-11-23(22)34(25)45)18-29(30)43(32)20-27(35(26)46)37(47)40-14-12-21-9-8-16-42(21)3/h4-5,10-11,17-21,39H,6-9,12-16H2,1-3H3,(H,40,47). The number of benzene rings is 4. The smallest absolute Gasteiger partial charge is 0.256 e. The van der Waals surface area contributed by atoms with Gasteiger partial charge in [0.2, 0.25) is 5.43 Å². The average molecular weight is 652 g/mol. The highest BCUT2D eigenvalue weighted by atomic mass is 19.1. The van der Waals surface area contributed by atoms with Crippen LogP contribution in [-0.4, -0.2) is 73.5 Å². The molecule has 6 aromatic rings. The molecule has 0 saturated carbocycles. The minimum Gasteiger partial charge on any atom is -0.451 e. The molecule has 1 amide bonds. The predicted molar refractivity (Wildman–Crippen MR) is 189 cm³/mol. The number of carbonyl (C=O) groups excluding carboxylic acids is 1. The number of amides is 1. The number of hydrogen-bond donors (Lipinski definition) is 2. The van der Waals surface area contributed by atoms with Crippen LogP contribution < -0.4 is 26.9 Å². The quantitative estimate of drug-likeness (QED) is 0.124. The number of likely N-dealkylation sites (tertiary alicyclic amines) is 1. The van der Waals surface area contributed by atoms with Crippen molar-refractivity contribution >= 4 is 60.7 Å². The number of unbranched alkanes of at least 4 members (excludes halogenated alkanes) is 1. The molecule has 1 aliphatic heterocycles. The molecule has 4 aromatic carbocycles. The highest BCUT2D eigenvalue weighted by Gasteiger charge is 2.25. The fraction of sp³-hybridized carbons (Fsp3) is 0.351. The Labute approximate surface area is 275 Å². The lowest BCUT2D eigenvalue weighted by Crippen LogP contribution is -2.34.